The molecule has 9 heteroatoms. The molecule has 0 aliphatic heterocycles. The minimum Gasteiger partial charge on any atom is -0.351 e. The zero-order valence-corrected chi connectivity index (χ0v) is 18.4. The van der Waals surface area contributed by atoms with E-state index in [4.69, 9.17) is 0 Å². The summed E-state index contributed by atoms with van der Waals surface area (Å²) < 4.78 is 14.6. The number of anilines is 1. The lowest BCUT2D eigenvalue weighted by atomic mass is 10.1. The van der Waals surface area contributed by atoms with Crippen molar-refractivity contribution in [3.63, 3.8) is 0 Å². The number of nitrogens with zero attached hydrogens (tertiary/aromatic N) is 3. The molecule has 2 N–H and O–H groups in total. The van der Waals surface area contributed by atoms with Gasteiger partial charge in [0.05, 0.1) is 12.2 Å². The average Bonchev–Trinajstić information content (AvgIpc) is 3.08. The first-order valence-corrected chi connectivity index (χ1v) is 10.7. The predicted octanol–water partition coefficient (Wildman–Crippen LogP) is 3.16. The minimum atomic E-state index is -0.314. The molecule has 0 spiro atoms. The van der Waals surface area contributed by atoms with E-state index in [2.05, 4.69) is 20.8 Å². The van der Waals surface area contributed by atoms with E-state index in [-0.39, 0.29) is 29.8 Å². The summed E-state index contributed by atoms with van der Waals surface area (Å²) in [5.41, 5.74) is 3.64. The number of aromatic nitrogens is 3. The number of aryl methyl sites for hydroxylation is 2. The number of rotatable bonds is 8. The lowest BCUT2D eigenvalue weighted by molar-refractivity contribution is -0.118. The molecule has 31 heavy (non-hydrogen) atoms. The van der Waals surface area contributed by atoms with Crippen LogP contribution in [0.1, 0.15) is 22.5 Å². The monoisotopic (exact) mass is 441 g/mol. The Labute approximate surface area is 184 Å². The fraction of sp³-hybridized carbons (Fsp3) is 0.273. The van der Waals surface area contributed by atoms with Crippen LogP contribution in [0.15, 0.2) is 47.6 Å². The lowest BCUT2D eigenvalue weighted by Gasteiger charge is -2.09. The second-order valence-electron chi connectivity index (χ2n) is 7.19. The number of hydrogen-bond donors (Lipinski definition) is 2. The van der Waals surface area contributed by atoms with Crippen LogP contribution in [0.4, 0.5) is 10.1 Å². The van der Waals surface area contributed by atoms with Gasteiger partial charge in [-0.25, -0.2) is 4.39 Å². The summed E-state index contributed by atoms with van der Waals surface area (Å²) in [5.74, 6) is -0.00485. The van der Waals surface area contributed by atoms with Gasteiger partial charge < -0.3 is 15.2 Å². The number of thioether (sulfide) groups is 1. The first-order chi connectivity index (χ1) is 14.8. The molecular formula is C22H24FN5O2S. The molecule has 0 bridgehead atoms. The highest BCUT2D eigenvalue weighted by Gasteiger charge is 2.15. The smallest absolute Gasteiger partial charge is 0.232 e. The fourth-order valence-electron chi connectivity index (χ4n) is 2.82. The topological polar surface area (TPSA) is 88.9 Å². The summed E-state index contributed by atoms with van der Waals surface area (Å²) in [6.07, 6.45) is 0.0776. The molecule has 0 saturated heterocycles. The number of carbonyl (C=O) groups is 2. The van der Waals surface area contributed by atoms with Crippen molar-refractivity contribution in [1.82, 2.24) is 20.1 Å². The van der Waals surface area contributed by atoms with E-state index in [1.54, 1.807) is 23.7 Å². The van der Waals surface area contributed by atoms with Crippen molar-refractivity contribution in [3.8, 4) is 0 Å². The highest BCUT2D eigenvalue weighted by molar-refractivity contribution is 7.99. The van der Waals surface area contributed by atoms with Crippen molar-refractivity contribution in [1.29, 1.82) is 0 Å². The fourth-order valence-corrected chi connectivity index (χ4v) is 3.58. The molecule has 0 atom stereocenters. The van der Waals surface area contributed by atoms with Crippen LogP contribution in [0.5, 0.6) is 0 Å². The number of hydrogen-bond acceptors (Lipinski definition) is 5. The molecule has 3 rings (SSSR count). The van der Waals surface area contributed by atoms with Gasteiger partial charge in [0.1, 0.15) is 11.6 Å². The molecule has 1 aromatic heterocycles. The van der Waals surface area contributed by atoms with E-state index in [9.17, 15) is 14.0 Å². The van der Waals surface area contributed by atoms with E-state index in [0.717, 1.165) is 22.4 Å². The molecule has 0 fully saturated rings. The van der Waals surface area contributed by atoms with Gasteiger partial charge in [0.25, 0.3) is 0 Å². The first-order valence-electron chi connectivity index (χ1n) is 9.71. The van der Waals surface area contributed by atoms with Crippen LogP contribution < -0.4 is 10.6 Å². The Hall–Kier alpha value is -3.20. The SMILES string of the molecule is Cc1ccc(C)c(NC(=O)Cc2nnc(SCC(=O)NCc3ccc(F)cc3)n2C)c1. The van der Waals surface area contributed by atoms with Gasteiger partial charge in [-0.3, -0.25) is 9.59 Å². The first kappa shape index (κ1) is 22.5. The Morgan fingerprint density at radius 3 is 2.55 bits per heavy atom. The third kappa shape index (κ3) is 6.39. The average molecular weight is 442 g/mol. The van der Waals surface area contributed by atoms with Crippen LogP contribution in [0.2, 0.25) is 0 Å². The van der Waals surface area contributed by atoms with Crippen molar-refractivity contribution in [3.05, 3.63) is 70.8 Å². The third-order valence-electron chi connectivity index (χ3n) is 4.65. The van der Waals surface area contributed by atoms with Gasteiger partial charge >= 0.3 is 0 Å². The van der Waals surface area contributed by atoms with Gasteiger partial charge in [0.2, 0.25) is 11.8 Å². The predicted molar refractivity (Wildman–Crippen MR) is 118 cm³/mol. The summed E-state index contributed by atoms with van der Waals surface area (Å²) in [5, 5.41) is 14.4. The molecule has 0 aliphatic rings. The summed E-state index contributed by atoms with van der Waals surface area (Å²) in [4.78, 5) is 24.5. The number of carbonyl (C=O) groups excluding carboxylic acids is 2. The Morgan fingerprint density at radius 2 is 1.81 bits per heavy atom. The number of halogens is 1. The highest BCUT2D eigenvalue weighted by atomic mass is 32.2. The van der Waals surface area contributed by atoms with Gasteiger partial charge in [0.15, 0.2) is 5.16 Å². The molecule has 0 saturated carbocycles. The quantitative estimate of drug-likeness (QED) is 0.524. The van der Waals surface area contributed by atoms with Gasteiger partial charge in [-0.05, 0) is 48.7 Å². The van der Waals surface area contributed by atoms with Gasteiger partial charge in [-0.15, -0.1) is 10.2 Å². The van der Waals surface area contributed by atoms with Gasteiger partial charge in [-0.1, -0.05) is 36.0 Å². The normalized spacial score (nSPS) is 10.7. The van der Waals surface area contributed by atoms with E-state index < -0.39 is 0 Å². The molecule has 0 aliphatic carbocycles. The molecule has 1 heterocycles. The highest BCUT2D eigenvalue weighted by Crippen LogP contribution is 2.18. The van der Waals surface area contributed by atoms with E-state index in [0.29, 0.717) is 17.5 Å². The van der Waals surface area contributed by atoms with Crippen molar-refractivity contribution in [2.24, 2.45) is 7.05 Å². The van der Waals surface area contributed by atoms with Crippen molar-refractivity contribution >= 4 is 29.3 Å². The van der Waals surface area contributed by atoms with Crippen molar-refractivity contribution in [2.45, 2.75) is 32.0 Å². The van der Waals surface area contributed by atoms with Crippen LogP contribution in [-0.4, -0.2) is 32.3 Å². The third-order valence-corrected chi connectivity index (χ3v) is 5.67. The van der Waals surface area contributed by atoms with Crippen LogP contribution >= 0.6 is 11.8 Å². The zero-order valence-electron chi connectivity index (χ0n) is 17.6. The Balaban J connectivity index is 1.50. The van der Waals surface area contributed by atoms with Crippen molar-refractivity contribution in [2.75, 3.05) is 11.1 Å². The van der Waals surface area contributed by atoms with E-state index in [1.807, 2.05) is 32.0 Å². The number of benzene rings is 2. The second-order valence-corrected chi connectivity index (χ2v) is 8.14. The number of amides is 2. The minimum absolute atomic E-state index is 0.0776. The maximum atomic E-state index is 12.9. The maximum absolute atomic E-state index is 12.9. The van der Waals surface area contributed by atoms with Crippen LogP contribution in [0.25, 0.3) is 0 Å². The molecule has 2 amide bonds. The van der Waals surface area contributed by atoms with Crippen molar-refractivity contribution < 1.29 is 14.0 Å². The van der Waals surface area contributed by atoms with Gasteiger partial charge in [-0.2, -0.15) is 0 Å². The largest absolute Gasteiger partial charge is 0.351 e. The Morgan fingerprint density at radius 1 is 1.06 bits per heavy atom. The molecule has 2 aromatic carbocycles. The van der Waals surface area contributed by atoms with E-state index in [1.165, 1.54) is 23.9 Å². The Kier molecular flexibility index (Phi) is 7.41. The summed E-state index contributed by atoms with van der Waals surface area (Å²) in [7, 11) is 1.76. The zero-order chi connectivity index (χ0) is 22.4. The van der Waals surface area contributed by atoms with Gasteiger partial charge in [0, 0.05) is 19.3 Å². The second kappa shape index (κ2) is 10.2. The van der Waals surface area contributed by atoms with Crippen LogP contribution in [-0.2, 0) is 29.6 Å². The molecule has 7 nitrogen and oxygen atoms in total. The molecule has 3 aromatic rings. The molecular weight excluding hydrogens is 417 g/mol. The van der Waals surface area contributed by atoms with Crippen LogP contribution in [0.3, 0.4) is 0 Å². The number of nitrogens with one attached hydrogen (secondary N) is 2. The summed E-state index contributed by atoms with van der Waals surface area (Å²) >= 11 is 1.23. The molecule has 0 unspecified atom stereocenters. The maximum Gasteiger partial charge on any atom is 0.232 e. The molecule has 0 radical (unpaired) electrons. The lowest BCUT2D eigenvalue weighted by Crippen LogP contribution is -2.24. The van der Waals surface area contributed by atoms with Crippen LogP contribution in [0, 0.1) is 19.7 Å². The standard InChI is InChI=1S/C22H24FN5O2S/c1-14-4-5-15(2)18(10-14)25-20(29)11-19-26-27-22(28(19)3)31-13-21(30)24-12-16-6-8-17(23)9-7-16/h4-10H,11-13H2,1-3H3,(H,24,30)(H,25,29). The molecule has 162 valence electrons. The Bertz CT molecular complexity index is 1080. The summed E-state index contributed by atoms with van der Waals surface area (Å²) in [6.45, 7) is 4.23. The summed E-state index contributed by atoms with van der Waals surface area (Å²) in [6, 6.07) is 11.8. The van der Waals surface area contributed by atoms with E-state index >= 15 is 0 Å².